The van der Waals surface area contributed by atoms with Gasteiger partial charge < -0.3 is 9.63 Å². The lowest BCUT2D eigenvalue weighted by Gasteiger charge is -1.98. The Balaban J connectivity index is 2.01. The fourth-order valence-electron chi connectivity index (χ4n) is 1.66. The number of aromatic hydroxyl groups is 1. The maximum atomic E-state index is 9.40. The van der Waals surface area contributed by atoms with E-state index >= 15 is 0 Å². The van der Waals surface area contributed by atoms with Crippen molar-refractivity contribution >= 4 is 34.8 Å². The van der Waals surface area contributed by atoms with Gasteiger partial charge in [0, 0.05) is 11.8 Å². The molecule has 2 heterocycles. The summed E-state index contributed by atoms with van der Waals surface area (Å²) >= 11 is 17.7. The molecule has 0 saturated heterocycles. The normalized spacial score (nSPS) is 10.8. The maximum Gasteiger partial charge on any atom is 0.258 e. The third-order valence-electron chi connectivity index (χ3n) is 2.64. The van der Waals surface area contributed by atoms with Crippen molar-refractivity contribution in [1.82, 2.24) is 15.1 Å². The smallest absolute Gasteiger partial charge is 0.258 e. The van der Waals surface area contributed by atoms with Crippen LogP contribution in [0.3, 0.4) is 0 Å². The number of phenols is 1. The monoisotopic (exact) mass is 341 g/mol. The number of benzene rings is 1. The van der Waals surface area contributed by atoms with E-state index < -0.39 is 0 Å². The zero-order valence-corrected chi connectivity index (χ0v) is 12.5. The Morgan fingerprint density at radius 1 is 1.05 bits per heavy atom. The van der Waals surface area contributed by atoms with Gasteiger partial charge in [0.2, 0.25) is 5.82 Å². The molecule has 106 valence electrons. The summed E-state index contributed by atoms with van der Waals surface area (Å²) in [5.74, 6) is 0.443. The van der Waals surface area contributed by atoms with E-state index in [-0.39, 0.29) is 22.5 Å². The maximum absolute atomic E-state index is 9.40. The highest BCUT2D eigenvalue weighted by molar-refractivity contribution is 6.36. The molecule has 0 amide bonds. The Morgan fingerprint density at radius 2 is 1.86 bits per heavy atom. The minimum absolute atomic E-state index is 0.0254. The number of hydrogen-bond acceptors (Lipinski definition) is 5. The van der Waals surface area contributed by atoms with Gasteiger partial charge in [-0.05, 0) is 24.3 Å². The fourth-order valence-corrected chi connectivity index (χ4v) is 2.30. The van der Waals surface area contributed by atoms with Crippen molar-refractivity contribution < 1.29 is 9.63 Å². The van der Waals surface area contributed by atoms with Crippen LogP contribution in [-0.2, 0) is 0 Å². The molecule has 3 rings (SSSR count). The molecule has 0 aliphatic heterocycles. The summed E-state index contributed by atoms with van der Waals surface area (Å²) in [7, 11) is 0. The Kier molecular flexibility index (Phi) is 3.71. The second-order valence-corrected chi connectivity index (χ2v) is 5.32. The molecule has 8 heteroatoms. The molecule has 0 aliphatic carbocycles. The summed E-state index contributed by atoms with van der Waals surface area (Å²) in [6.45, 7) is 0. The standard InChI is InChI=1S/C13H6Cl3N3O2/c14-7-4-9(16)11(17-5-7)12-18-13(21-19-12)6-1-2-10(20)8(15)3-6/h1-5,20H. The van der Waals surface area contributed by atoms with E-state index in [0.717, 1.165) is 0 Å². The highest BCUT2D eigenvalue weighted by Crippen LogP contribution is 2.31. The Hall–Kier alpha value is -1.82. The van der Waals surface area contributed by atoms with Gasteiger partial charge in [-0.25, -0.2) is 4.98 Å². The van der Waals surface area contributed by atoms with Gasteiger partial charge in [0.25, 0.3) is 5.89 Å². The molecule has 0 saturated carbocycles. The summed E-state index contributed by atoms with van der Waals surface area (Å²) in [6.07, 6.45) is 1.44. The van der Waals surface area contributed by atoms with Crippen LogP contribution in [0.5, 0.6) is 5.75 Å². The second kappa shape index (κ2) is 5.52. The average Bonchev–Trinajstić information content (AvgIpc) is 2.91. The summed E-state index contributed by atoms with van der Waals surface area (Å²) in [5, 5.41) is 14.1. The predicted molar refractivity (Wildman–Crippen MR) is 79.7 cm³/mol. The van der Waals surface area contributed by atoms with E-state index in [0.29, 0.717) is 21.3 Å². The first-order valence-corrected chi connectivity index (χ1v) is 6.82. The quantitative estimate of drug-likeness (QED) is 0.744. The Morgan fingerprint density at radius 3 is 2.57 bits per heavy atom. The summed E-state index contributed by atoms with van der Waals surface area (Å²) in [5.41, 5.74) is 0.933. The van der Waals surface area contributed by atoms with Crippen LogP contribution >= 0.6 is 34.8 Å². The number of phenolic OH excluding ortho intramolecular Hbond substituents is 1. The van der Waals surface area contributed by atoms with Gasteiger partial charge in [0.15, 0.2) is 0 Å². The van der Waals surface area contributed by atoms with Crippen molar-refractivity contribution in [2.75, 3.05) is 0 Å². The lowest BCUT2D eigenvalue weighted by molar-refractivity contribution is 0.432. The van der Waals surface area contributed by atoms with Crippen LogP contribution in [-0.4, -0.2) is 20.2 Å². The molecule has 0 radical (unpaired) electrons. The van der Waals surface area contributed by atoms with Gasteiger partial charge in [-0.2, -0.15) is 4.98 Å². The third-order valence-corrected chi connectivity index (χ3v) is 3.44. The van der Waals surface area contributed by atoms with Crippen LogP contribution in [0, 0.1) is 0 Å². The van der Waals surface area contributed by atoms with Crippen LogP contribution < -0.4 is 0 Å². The number of pyridine rings is 1. The van der Waals surface area contributed by atoms with Crippen LogP contribution in [0.1, 0.15) is 0 Å². The highest BCUT2D eigenvalue weighted by atomic mass is 35.5. The van der Waals surface area contributed by atoms with E-state index in [1.807, 2.05) is 0 Å². The Labute approximate surface area is 134 Å². The first kappa shape index (κ1) is 14.1. The SMILES string of the molecule is Oc1ccc(-c2nc(-c3ncc(Cl)cc3Cl)no2)cc1Cl. The molecule has 0 unspecified atom stereocenters. The van der Waals surface area contributed by atoms with Crippen LogP contribution in [0.25, 0.3) is 23.0 Å². The topological polar surface area (TPSA) is 72.0 Å². The van der Waals surface area contributed by atoms with Gasteiger partial charge in [-0.15, -0.1) is 0 Å². The van der Waals surface area contributed by atoms with Crippen molar-refractivity contribution in [3.63, 3.8) is 0 Å². The molecule has 2 aromatic heterocycles. The van der Waals surface area contributed by atoms with Crippen molar-refractivity contribution in [1.29, 1.82) is 0 Å². The molecule has 0 fully saturated rings. The largest absolute Gasteiger partial charge is 0.506 e. The minimum atomic E-state index is -0.0254. The number of nitrogens with zero attached hydrogens (tertiary/aromatic N) is 3. The Bertz CT molecular complexity index is 820. The predicted octanol–water partition coefficient (Wildman–Crippen LogP) is 4.46. The zero-order chi connectivity index (χ0) is 15.0. The lowest BCUT2D eigenvalue weighted by Crippen LogP contribution is -1.87. The fraction of sp³-hybridized carbons (Fsp3) is 0. The van der Waals surface area contributed by atoms with E-state index in [9.17, 15) is 5.11 Å². The molecule has 3 aromatic rings. The first-order chi connectivity index (χ1) is 10.0. The summed E-state index contributed by atoms with van der Waals surface area (Å²) < 4.78 is 5.15. The molecular weight excluding hydrogens is 337 g/mol. The van der Waals surface area contributed by atoms with Crippen LogP contribution in [0.4, 0.5) is 0 Å². The second-order valence-electron chi connectivity index (χ2n) is 4.07. The van der Waals surface area contributed by atoms with E-state index in [4.69, 9.17) is 39.3 Å². The van der Waals surface area contributed by atoms with Crippen molar-refractivity contribution in [3.05, 3.63) is 45.5 Å². The number of halogens is 3. The molecule has 1 N–H and O–H groups in total. The third kappa shape index (κ3) is 2.81. The van der Waals surface area contributed by atoms with Gasteiger partial charge >= 0.3 is 0 Å². The first-order valence-electron chi connectivity index (χ1n) is 5.68. The van der Waals surface area contributed by atoms with Crippen molar-refractivity contribution in [2.24, 2.45) is 0 Å². The molecule has 1 aromatic carbocycles. The van der Waals surface area contributed by atoms with Gasteiger partial charge in [-0.3, -0.25) is 0 Å². The van der Waals surface area contributed by atoms with E-state index in [2.05, 4.69) is 15.1 Å². The molecule has 0 spiro atoms. The molecule has 21 heavy (non-hydrogen) atoms. The molecule has 0 aliphatic rings. The summed E-state index contributed by atoms with van der Waals surface area (Å²) in [4.78, 5) is 8.28. The average molecular weight is 343 g/mol. The summed E-state index contributed by atoms with van der Waals surface area (Å²) in [6, 6.07) is 6.11. The van der Waals surface area contributed by atoms with Crippen molar-refractivity contribution in [3.8, 4) is 28.7 Å². The zero-order valence-electron chi connectivity index (χ0n) is 10.2. The van der Waals surface area contributed by atoms with Crippen molar-refractivity contribution in [2.45, 2.75) is 0 Å². The van der Waals surface area contributed by atoms with Gasteiger partial charge in [0.1, 0.15) is 11.4 Å². The molecule has 0 bridgehead atoms. The molecule has 0 atom stereocenters. The minimum Gasteiger partial charge on any atom is -0.506 e. The van der Waals surface area contributed by atoms with Crippen LogP contribution in [0.2, 0.25) is 15.1 Å². The van der Waals surface area contributed by atoms with Crippen LogP contribution in [0.15, 0.2) is 35.0 Å². The highest BCUT2D eigenvalue weighted by Gasteiger charge is 2.15. The number of aromatic nitrogens is 3. The number of rotatable bonds is 2. The number of hydrogen-bond donors (Lipinski definition) is 1. The lowest BCUT2D eigenvalue weighted by atomic mass is 10.2. The molecule has 5 nitrogen and oxygen atoms in total. The van der Waals surface area contributed by atoms with Gasteiger partial charge in [0.05, 0.1) is 15.1 Å². The van der Waals surface area contributed by atoms with E-state index in [1.165, 1.54) is 18.3 Å². The van der Waals surface area contributed by atoms with E-state index in [1.54, 1.807) is 12.1 Å². The molecular formula is C13H6Cl3N3O2. The van der Waals surface area contributed by atoms with Gasteiger partial charge in [-0.1, -0.05) is 40.0 Å².